The molecule has 1 heterocycles. The Morgan fingerprint density at radius 2 is 1.90 bits per heavy atom. The summed E-state index contributed by atoms with van der Waals surface area (Å²) >= 11 is 13.7. The summed E-state index contributed by atoms with van der Waals surface area (Å²) in [4.78, 5) is 50.3. The summed E-state index contributed by atoms with van der Waals surface area (Å²) in [5.74, 6) is -3.83. The van der Waals surface area contributed by atoms with Crippen molar-refractivity contribution in [2.24, 2.45) is 34.5 Å². The van der Waals surface area contributed by atoms with Gasteiger partial charge in [-0.3, -0.25) is 14.4 Å². The molecule has 5 rings (SSSR count). The monoisotopic (exact) mass is 580 g/mol. The average Bonchev–Trinajstić information content (AvgIpc) is 3.48. The third-order valence-electron chi connectivity index (χ3n) is 10.5. The van der Waals surface area contributed by atoms with Gasteiger partial charge in [0.2, 0.25) is 5.76 Å². The predicted octanol–water partition coefficient (Wildman–Crippen LogP) is 4.49. The topological polar surface area (TPSA) is 120 Å². The van der Waals surface area contributed by atoms with Crippen LogP contribution in [0.4, 0.5) is 0 Å². The number of rotatable bonds is 5. The number of esters is 2. The molecule has 212 valence electrons. The number of halogens is 2. The molecule has 0 amide bonds. The van der Waals surface area contributed by atoms with Gasteiger partial charge in [0, 0.05) is 36.0 Å². The van der Waals surface area contributed by atoms with Crippen LogP contribution in [0.1, 0.15) is 63.9 Å². The Labute approximate surface area is 237 Å². The molecular weight excluding hydrogens is 547 g/mol. The lowest BCUT2D eigenvalue weighted by Gasteiger charge is -2.66. The fourth-order valence-corrected chi connectivity index (χ4v) is 9.59. The van der Waals surface area contributed by atoms with Gasteiger partial charge in [0.25, 0.3) is 0 Å². The Bertz CT molecular complexity index is 1230. The number of Topliss-reactive ketones (excluding diaryl/α,β-unsaturated/α-hetero) is 1. The van der Waals surface area contributed by atoms with E-state index in [1.54, 1.807) is 12.1 Å². The molecule has 0 saturated heterocycles. The van der Waals surface area contributed by atoms with E-state index < -0.39 is 69.0 Å². The first-order chi connectivity index (χ1) is 18.3. The fourth-order valence-electron chi connectivity index (χ4n) is 8.87. The molecule has 0 spiro atoms. The SMILES string of the molecule is CC(=O)OC1C[C@H]2[C@@H]3C[C@@H](C)[C@](OC(=O)c4ccco4)(C(=O)CCl)[C@@]3(C)C[C@H](O)[C@]2(Cl)[C@@]2(C)C=CC(=O)CC12. The number of carbonyl (C=O) groups excluding carboxylic acids is 4. The molecule has 0 aromatic carbocycles. The van der Waals surface area contributed by atoms with Crippen molar-refractivity contribution in [3.05, 3.63) is 36.3 Å². The van der Waals surface area contributed by atoms with Gasteiger partial charge in [-0.05, 0) is 49.3 Å². The Balaban J connectivity index is 1.64. The molecule has 4 aliphatic carbocycles. The van der Waals surface area contributed by atoms with Crippen molar-refractivity contribution in [1.29, 1.82) is 0 Å². The summed E-state index contributed by atoms with van der Waals surface area (Å²) in [6, 6.07) is 3.01. The number of aliphatic hydroxyl groups is 1. The number of furan rings is 1. The number of hydrogen-bond acceptors (Lipinski definition) is 8. The van der Waals surface area contributed by atoms with Crippen molar-refractivity contribution in [3.8, 4) is 0 Å². The fraction of sp³-hybridized carbons (Fsp3) is 0.655. The molecule has 2 unspecified atom stereocenters. The number of hydrogen-bond donors (Lipinski definition) is 1. The number of fused-ring (bicyclic) bond motifs is 5. The van der Waals surface area contributed by atoms with Gasteiger partial charge in [0.15, 0.2) is 17.2 Å². The van der Waals surface area contributed by atoms with Crippen LogP contribution in [0.25, 0.3) is 0 Å². The zero-order chi connectivity index (χ0) is 28.5. The highest BCUT2D eigenvalue weighted by Crippen LogP contribution is 2.72. The first-order valence-electron chi connectivity index (χ1n) is 13.4. The van der Waals surface area contributed by atoms with Crippen LogP contribution in [0.3, 0.4) is 0 Å². The Morgan fingerprint density at radius 3 is 2.51 bits per heavy atom. The molecule has 0 radical (unpaired) electrons. The van der Waals surface area contributed by atoms with Gasteiger partial charge in [-0.1, -0.05) is 26.8 Å². The minimum Gasteiger partial charge on any atom is -0.462 e. The van der Waals surface area contributed by atoms with Gasteiger partial charge >= 0.3 is 11.9 Å². The van der Waals surface area contributed by atoms with Crippen molar-refractivity contribution in [3.63, 3.8) is 0 Å². The Hall–Kier alpha value is -2.16. The Kier molecular flexibility index (Phi) is 6.88. The molecule has 4 aliphatic rings. The number of carbonyl (C=O) groups is 4. The molecule has 0 bridgehead atoms. The Morgan fingerprint density at radius 1 is 1.18 bits per heavy atom. The molecule has 3 fully saturated rings. The van der Waals surface area contributed by atoms with Crippen LogP contribution >= 0.6 is 23.2 Å². The summed E-state index contributed by atoms with van der Waals surface area (Å²) in [6.45, 7) is 6.95. The second-order valence-electron chi connectivity index (χ2n) is 12.2. The van der Waals surface area contributed by atoms with Gasteiger partial charge in [0.1, 0.15) is 6.10 Å². The van der Waals surface area contributed by atoms with E-state index in [1.807, 2.05) is 20.8 Å². The quantitative estimate of drug-likeness (QED) is 0.399. The number of allylic oxidation sites excluding steroid dienone is 2. The number of alkyl halides is 2. The lowest BCUT2D eigenvalue weighted by Crippen LogP contribution is -2.72. The zero-order valence-electron chi connectivity index (χ0n) is 22.4. The highest BCUT2D eigenvalue weighted by Gasteiger charge is 2.77. The maximum absolute atomic E-state index is 13.7. The lowest BCUT2D eigenvalue weighted by atomic mass is 9.43. The maximum atomic E-state index is 13.7. The molecule has 1 N–H and O–H groups in total. The maximum Gasteiger partial charge on any atom is 0.375 e. The van der Waals surface area contributed by atoms with Crippen LogP contribution in [-0.2, 0) is 23.9 Å². The van der Waals surface area contributed by atoms with Gasteiger partial charge in [-0.15, -0.1) is 23.2 Å². The number of ketones is 2. The van der Waals surface area contributed by atoms with E-state index in [0.29, 0.717) is 12.8 Å². The van der Waals surface area contributed by atoms with Crippen LogP contribution in [0.5, 0.6) is 0 Å². The normalized spacial score (nSPS) is 44.6. The second-order valence-corrected chi connectivity index (χ2v) is 13.1. The van der Waals surface area contributed by atoms with Crippen molar-refractivity contribution in [2.75, 3.05) is 5.88 Å². The molecule has 8 nitrogen and oxygen atoms in total. The first kappa shape index (κ1) is 28.4. The van der Waals surface area contributed by atoms with E-state index in [2.05, 4.69) is 0 Å². The molecule has 10 atom stereocenters. The van der Waals surface area contributed by atoms with E-state index in [1.165, 1.54) is 25.3 Å². The smallest absolute Gasteiger partial charge is 0.375 e. The summed E-state index contributed by atoms with van der Waals surface area (Å²) in [7, 11) is 0. The van der Waals surface area contributed by atoms with Crippen LogP contribution in [0, 0.1) is 34.5 Å². The molecule has 1 aromatic heterocycles. The van der Waals surface area contributed by atoms with Gasteiger partial charge < -0.3 is 19.0 Å². The van der Waals surface area contributed by atoms with Gasteiger partial charge in [-0.2, -0.15) is 0 Å². The highest BCUT2D eigenvalue weighted by atomic mass is 35.5. The van der Waals surface area contributed by atoms with Crippen molar-refractivity contribution >= 4 is 46.7 Å². The first-order valence-corrected chi connectivity index (χ1v) is 14.3. The van der Waals surface area contributed by atoms with E-state index >= 15 is 0 Å². The van der Waals surface area contributed by atoms with E-state index in [0.717, 1.165) is 0 Å². The van der Waals surface area contributed by atoms with Crippen LogP contribution in [0.2, 0.25) is 0 Å². The average molecular weight is 581 g/mol. The molecule has 1 aromatic rings. The molecule has 39 heavy (non-hydrogen) atoms. The van der Waals surface area contributed by atoms with Gasteiger partial charge in [-0.25, -0.2) is 4.79 Å². The summed E-state index contributed by atoms with van der Waals surface area (Å²) in [6.07, 6.45) is 3.83. The van der Waals surface area contributed by atoms with Crippen molar-refractivity contribution in [2.45, 2.75) is 76.1 Å². The van der Waals surface area contributed by atoms with Crippen LogP contribution < -0.4 is 0 Å². The van der Waals surface area contributed by atoms with Gasteiger partial charge in [0.05, 0.1) is 23.1 Å². The zero-order valence-corrected chi connectivity index (χ0v) is 24.0. The number of aliphatic hydroxyl groups excluding tert-OH is 1. The lowest BCUT2D eigenvalue weighted by molar-refractivity contribution is -0.200. The third kappa shape index (κ3) is 3.73. The van der Waals surface area contributed by atoms with E-state index in [9.17, 15) is 24.3 Å². The number of ether oxygens (including phenoxy) is 2. The molecule has 3 saturated carbocycles. The van der Waals surface area contributed by atoms with E-state index in [-0.39, 0.29) is 36.2 Å². The predicted molar refractivity (Wildman–Crippen MR) is 141 cm³/mol. The molecule has 0 aliphatic heterocycles. The minimum absolute atomic E-state index is 0.0426. The molecule has 10 heteroatoms. The second kappa shape index (κ2) is 9.45. The van der Waals surface area contributed by atoms with Crippen molar-refractivity contribution < 1.29 is 38.2 Å². The minimum atomic E-state index is -1.64. The van der Waals surface area contributed by atoms with Crippen LogP contribution in [-0.4, -0.2) is 57.2 Å². The summed E-state index contributed by atoms with van der Waals surface area (Å²) in [5, 5.41) is 11.9. The molecular formula is C29H34Cl2O8. The summed E-state index contributed by atoms with van der Waals surface area (Å²) < 4.78 is 17.2. The largest absolute Gasteiger partial charge is 0.462 e. The van der Waals surface area contributed by atoms with Crippen LogP contribution in [0.15, 0.2) is 35.0 Å². The summed E-state index contributed by atoms with van der Waals surface area (Å²) in [5.41, 5.74) is -3.57. The highest BCUT2D eigenvalue weighted by molar-refractivity contribution is 6.29. The standard InChI is InChI=1S/C29H34Cl2O8/c1-15-10-18-19-12-22(38-16(2)32)20-11-17(33)7-8-26(20,3)28(19,31)23(34)13-27(18,4)29(15,24(35)14-30)39-25(36)21-6-5-9-37-21/h5-9,15,18-20,22-23,34H,10-14H2,1-4H3/t15-,18+,19+,20?,22?,23+,26+,27+,28+,29+/m1/s1. The third-order valence-corrected chi connectivity index (χ3v) is 11.7. The van der Waals surface area contributed by atoms with E-state index in [4.69, 9.17) is 37.1 Å². The van der Waals surface area contributed by atoms with Crippen molar-refractivity contribution in [1.82, 2.24) is 0 Å².